The molecule has 3 fully saturated rings. The second kappa shape index (κ2) is 24.2. The van der Waals surface area contributed by atoms with E-state index in [2.05, 4.69) is 62.3 Å². The number of hydrogen-bond donors (Lipinski definition) is 3. The summed E-state index contributed by atoms with van der Waals surface area (Å²) in [5.41, 5.74) is 0. The largest absolute Gasteiger partial charge is 0.508 e. The molecule has 10 atom stereocenters. The van der Waals surface area contributed by atoms with Crippen molar-refractivity contribution in [2.75, 3.05) is 26.4 Å². The Morgan fingerprint density at radius 1 is 0.600 bits per heavy atom. The smallest absolute Gasteiger partial charge is 0.462 e. The van der Waals surface area contributed by atoms with Gasteiger partial charge in [0.1, 0.15) is 37.6 Å². The molecule has 0 aromatic rings. The van der Waals surface area contributed by atoms with E-state index in [0.717, 1.165) is 32.1 Å². The molecule has 11 heteroatoms. The van der Waals surface area contributed by atoms with Gasteiger partial charge >= 0.3 is 18.3 Å². The molecule has 11 nitrogen and oxygen atoms in total. The van der Waals surface area contributed by atoms with E-state index in [0.29, 0.717) is 53.3 Å². The van der Waals surface area contributed by atoms with E-state index in [1.54, 1.807) is 0 Å². The number of carbonyl (C=O) groups excluding carboxylic acids is 3. The minimum atomic E-state index is -1.04. The van der Waals surface area contributed by atoms with Crippen molar-refractivity contribution in [3.63, 3.8) is 0 Å². The van der Waals surface area contributed by atoms with Crippen molar-refractivity contribution >= 4 is 18.3 Å². The Bertz CT molecular complexity index is 954. The maximum absolute atomic E-state index is 11.6. The molecule has 3 rings (SSSR count). The van der Waals surface area contributed by atoms with Crippen molar-refractivity contribution in [3.05, 3.63) is 0 Å². The van der Waals surface area contributed by atoms with Crippen LogP contribution in [0.1, 0.15) is 127 Å². The standard InChI is InChI=1S/C14H26O5.C13H24O4.C12H22O2/c1-9(2)12-5-4-10(3)6-13(12)19-14(17)18-8-11(16)7-15;1-9(2)11-5-4-10(3)8-12(11)17-13(15)16-7-6-14;1-8(2)11-6-5-9(3)7-12(11)14-10(4)13/h9-13,15-16H,4-8H2,1-3H3;9-12,14H,4-8H2,1-3H3;8-9,11-12H,5-7H2,1-4H3/t10?,11?,12-,13+;10?,11-,12+;9?,11-,12+/m000/s1. The van der Waals surface area contributed by atoms with Gasteiger partial charge in [0.25, 0.3) is 0 Å². The van der Waals surface area contributed by atoms with Crippen LogP contribution in [-0.4, -0.2) is 84.4 Å². The Hall–Kier alpha value is -2.11. The fraction of sp³-hybridized carbons (Fsp3) is 0.923. The number of ether oxygens (including phenoxy) is 5. The van der Waals surface area contributed by atoms with E-state index in [1.807, 2.05) is 0 Å². The SMILES string of the molecule is CC(=O)O[C@@H]1CC(C)CC[C@H]1C(C)C.CC1CC[C@@H](C(C)C)[C@H](OC(=O)OCC(O)CO)C1.CC1CC[C@@H](C(C)C)[C@H](OC(=O)OCCO)C1. The van der Waals surface area contributed by atoms with Crippen LogP contribution in [0.15, 0.2) is 0 Å². The highest BCUT2D eigenvalue weighted by Crippen LogP contribution is 2.37. The van der Waals surface area contributed by atoms with Crippen LogP contribution in [0, 0.1) is 53.3 Å². The average Bonchev–Trinajstić information content (AvgIpc) is 3.02. The molecule has 50 heavy (non-hydrogen) atoms. The number of hydrogen-bond acceptors (Lipinski definition) is 11. The summed E-state index contributed by atoms with van der Waals surface area (Å²) in [5.74, 6) is 4.67. The number of aliphatic hydroxyl groups excluding tert-OH is 3. The molecule has 0 bridgehead atoms. The molecule has 0 heterocycles. The minimum Gasteiger partial charge on any atom is -0.462 e. The van der Waals surface area contributed by atoms with Crippen LogP contribution >= 0.6 is 0 Å². The first kappa shape index (κ1) is 45.9. The van der Waals surface area contributed by atoms with E-state index < -0.39 is 25.0 Å². The molecule has 0 aromatic heterocycles. The molecule has 4 unspecified atom stereocenters. The molecule has 0 radical (unpaired) electrons. The number of esters is 1. The average molecular weight is 717 g/mol. The summed E-state index contributed by atoms with van der Waals surface area (Å²) in [5, 5.41) is 26.3. The predicted octanol–water partition coefficient (Wildman–Crippen LogP) is 7.56. The molecule has 0 aromatic carbocycles. The van der Waals surface area contributed by atoms with Crippen molar-refractivity contribution < 1.29 is 53.4 Å². The van der Waals surface area contributed by atoms with Gasteiger partial charge in [-0.25, -0.2) is 9.59 Å². The third kappa shape index (κ3) is 17.9. The number of aliphatic hydroxyl groups is 3. The highest BCUT2D eigenvalue weighted by Gasteiger charge is 2.35. The monoisotopic (exact) mass is 717 g/mol. The highest BCUT2D eigenvalue weighted by atomic mass is 16.7. The first-order valence-electron chi connectivity index (χ1n) is 19.2. The van der Waals surface area contributed by atoms with Gasteiger partial charge in [-0.1, -0.05) is 81.6 Å². The van der Waals surface area contributed by atoms with E-state index in [1.165, 1.54) is 32.6 Å². The molecule has 294 valence electrons. The third-order valence-electron chi connectivity index (χ3n) is 10.6. The lowest BCUT2D eigenvalue weighted by Crippen LogP contribution is -2.36. The Kier molecular flexibility index (Phi) is 22.2. The zero-order valence-electron chi connectivity index (χ0n) is 32.8. The Balaban J connectivity index is 0.000000379. The van der Waals surface area contributed by atoms with E-state index >= 15 is 0 Å². The molecule has 0 aliphatic heterocycles. The Labute approximate surface area is 302 Å². The fourth-order valence-electron chi connectivity index (χ4n) is 7.62. The van der Waals surface area contributed by atoms with Gasteiger partial charge in [-0.05, 0) is 91.8 Å². The topological polar surface area (TPSA) is 158 Å². The van der Waals surface area contributed by atoms with Crippen molar-refractivity contribution in [2.45, 2.75) is 151 Å². The molecular formula is C39H72O11. The molecule has 0 amide bonds. The molecule has 3 saturated carbocycles. The van der Waals surface area contributed by atoms with Crippen LogP contribution in [-0.2, 0) is 28.5 Å². The first-order chi connectivity index (χ1) is 23.5. The predicted molar refractivity (Wildman–Crippen MR) is 192 cm³/mol. The second-order valence-corrected chi connectivity index (χ2v) is 16.2. The zero-order chi connectivity index (χ0) is 38.0. The molecule has 3 N–H and O–H groups in total. The maximum Gasteiger partial charge on any atom is 0.508 e. The van der Waals surface area contributed by atoms with E-state index in [-0.39, 0.29) is 44.1 Å². The zero-order valence-corrected chi connectivity index (χ0v) is 32.8. The summed E-state index contributed by atoms with van der Waals surface area (Å²) in [6.07, 6.45) is 7.42. The quantitative estimate of drug-likeness (QED) is 0.143. The lowest BCUT2D eigenvalue weighted by molar-refractivity contribution is -0.153. The van der Waals surface area contributed by atoms with Crippen molar-refractivity contribution in [1.82, 2.24) is 0 Å². The van der Waals surface area contributed by atoms with Gasteiger partial charge in [0, 0.05) is 6.92 Å². The maximum atomic E-state index is 11.6. The Morgan fingerprint density at radius 2 is 0.960 bits per heavy atom. The molecule has 0 saturated heterocycles. The second-order valence-electron chi connectivity index (χ2n) is 16.2. The summed E-state index contributed by atoms with van der Waals surface area (Å²) >= 11 is 0. The van der Waals surface area contributed by atoms with Gasteiger partial charge in [-0.3, -0.25) is 4.79 Å². The van der Waals surface area contributed by atoms with Crippen molar-refractivity contribution in [1.29, 1.82) is 0 Å². The van der Waals surface area contributed by atoms with Crippen molar-refractivity contribution in [2.24, 2.45) is 53.3 Å². The summed E-state index contributed by atoms with van der Waals surface area (Å²) in [7, 11) is 0. The number of rotatable bonds is 11. The molecule has 3 aliphatic carbocycles. The van der Waals surface area contributed by atoms with Crippen molar-refractivity contribution in [3.8, 4) is 0 Å². The summed E-state index contributed by atoms with van der Waals surface area (Å²) in [6.45, 7) is 20.3. The van der Waals surface area contributed by atoms with Crippen LogP contribution < -0.4 is 0 Å². The summed E-state index contributed by atoms with van der Waals surface area (Å²) in [4.78, 5) is 33.9. The highest BCUT2D eigenvalue weighted by molar-refractivity contribution is 5.66. The van der Waals surface area contributed by atoms with Crippen LogP contribution in [0.4, 0.5) is 9.59 Å². The van der Waals surface area contributed by atoms with Gasteiger partial charge in [0.05, 0.1) is 13.2 Å². The van der Waals surface area contributed by atoms with E-state index in [9.17, 15) is 14.4 Å². The summed E-state index contributed by atoms with van der Waals surface area (Å²) in [6, 6.07) is 0. The summed E-state index contributed by atoms with van der Waals surface area (Å²) < 4.78 is 25.7. The van der Waals surface area contributed by atoms with Gasteiger partial charge in [0.2, 0.25) is 0 Å². The van der Waals surface area contributed by atoms with Crippen LogP contribution in [0.25, 0.3) is 0 Å². The lowest BCUT2D eigenvalue weighted by atomic mass is 9.75. The van der Waals surface area contributed by atoms with Gasteiger partial charge in [-0.15, -0.1) is 0 Å². The van der Waals surface area contributed by atoms with Gasteiger partial charge in [0.15, 0.2) is 0 Å². The molecule has 3 aliphatic rings. The van der Waals surface area contributed by atoms with Gasteiger partial charge < -0.3 is 39.0 Å². The molecular weight excluding hydrogens is 644 g/mol. The number of carbonyl (C=O) groups is 3. The van der Waals surface area contributed by atoms with E-state index in [4.69, 9.17) is 39.0 Å². The Morgan fingerprint density at radius 3 is 1.28 bits per heavy atom. The normalized spacial score (nSPS) is 30.2. The van der Waals surface area contributed by atoms with Gasteiger partial charge in [-0.2, -0.15) is 0 Å². The third-order valence-corrected chi connectivity index (χ3v) is 10.6. The fourth-order valence-corrected chi connectivity index (χ4v) is 7.62. The molecule has 0 spiro atoms. The lowest BCUT2D eigenvalue weighted by Gasteiger charge is -2.36. The van der Waals surface area contributed by atoms with Crippen LogP contribution in [0.2, 0.25) is 0 Å². The first-order valence-corrected chi connectivity index (χ1v) is 19.2. The van der Waals surface area contributed by atoms with Crippen LogP contribution in [0.5, 0.6) is 0 Å². The van der Waals surface area contributed by atoms with Crippen LogP contribution in [0.3, 0.4) is 0 Å². The minimum absolute atomic E-state index is 0.00739.